The summed E-state index contributed by atoms with van der Waals surface area (Å²) in [6.07, 6.45) is 7.99. The van der Waals surface area contributed by atoms with E-state index in [0.29, 0.717) is 17.5 Å². The highest BCUT2D eigenvalue weighted by atomic mass is 32.1. The molecule has 3 heterocycles. The smallest absolute Gasteiger partial charge is 0.164 e. The zero-order chi connectivity index (χ0) is 40.3. The fourth-order valence-electron chi connectivity index (χ4n) is 12.2. The van der Waals surface area contributed by atoms with Crippen LogP contribution < -0.4 is 4.74 Å². The van der Waals surface area contributed by atoms with Crippen molar-refractivity contribution in [3.05, 3.63) is 186 Å². The molecule has 3 atom stereocenters. The molecule has 0 saturated heterocycles. The van der Waals surface area contributed by atoms with Crippen LogP contribution in [0.15, 0.2) is 158 Å². The zero-order valence-electron chi connectivity index (χ0n) is 34.1. The molecule has 294 valence electrons. The molecule has 7 aromatic carbocycles. The standard InChI is InChI=1S/C56H43N3OS/c1-34-29-35-11-10-28-55(32-34,33-35)39-24-20-36(21-25-39)52-57-53(37-23-27-51-43(30-37)42-14-4-9-19-50(42)61-51)59-54(58-52)38-22-26-49-47(31-38)56(46-17-7-8-18-48(46)60-49)44-15-5-2-12-40(44)41-13-3-6-16-45(41)56/h2-9,12-27,30-31,34-35H,10-11,28-29,32-33H2,1H3/t34-,35-,55?/m1/s1. The molecule has 0 N–H and O–H groups in total. The van der Waals surface area contributed by atoms with Crippen molar-refractivity contribution in [3.63, 3.8) is 0 Å². The fourth-order valence-corrected chi connectivity index (χ4v) is 13.3. The van der Waals surface area contributed by atoms with Crippen LogP contribution in [-0.4, -0.2) is 15.0 Å². The second-order valence-corrected chi connectivity index (χ2v) is 19.2. The maximum atomic E-state index is 6.78. The monoisotopic (exact) mass is 805 g/mol. The Balaban J connectivity index is 1.00. The first-order valence-electron chi connectivity index (χ1n) is 21.9. The van der Waals surface area contributed by atoms with Gasteiger partial charge in [-0.15, -0.1) is 11.3 Å². The molecule has 2 aromatic heterocycles. The van der Waals surface area contributed by atoms with Crippen molar-refractivity contribution in [2.24, 2.45) is 11.8 Å². The van der Waals surface area contributed by atoms with E-state index in [1.165, 1.54) is 86.5 Å². The van der Waals surface area contributed by atoms with E-state index >= 15 is 0 Å². The lowest BCUT2D eigenvalue weighted by molar-refractivity contribution is 0.110. The van der Waals surface area contributed by atoms with E-state index in [-0.39, 0.29) is 5.41 Å². The molecule has 2 bridgehead atoms. The van der Waals surface area contributed by atoms with Crippen molar-refractivity contribution in [3.8, 4) is 56.8 Å². The van der Waals surface area contributed by atoms with E-state index in [0.717, 1.165) is 51.2 Å². The highest BCUT2D eigenvalue weighted by Crippen LogP contribution is 2.62. The third-order valence-electron chi connectivity index (χ3n) is 14.6. The van der Waals surface area contributed by atoms with Crippen LogP contribution in [0.25, 0.3) is 65.5 Å². The molecule has 1 unspecified atom stereocenters. The van der Waals surface area contributed by atoms with Gasteiger partial charge in [0.05, 0.1) is 5.41 Å². The molecular formula is C56H43N3OS. The first-order valence-corrected chi connectivity index (χ1v) is 22.8. The molecule has 61 heavy (non-hydrogen) atoms. The average molecular weight is 806 g/mol. The average Bonchev–Trinajstić information content (AvgIpc) is 3.82. The Morgan fingerprint density at radius 3 is 1.93 bits per heavy atom. The van der Waals surface area contributed by atoms with Gasteiger partial charge in [-0.05, 0) is 119 Å². The number of hydrogen-bond donors (Lipinski definition) is 0. The molecule has 1 aliphatic heterocycles. The minimum absolute atomic E-state index is 0.282. The predicted molar refractivity (Wildman–Crippen MR) is 248 cm³/mol. The minimum atomic E-state index is -0.582. The van der Waals surface area contributed by atoms with Crippen LogP contribution in [0.3, 0.4) is 0 Å². The quantitative estimate of drug-likeness (QED) is 0.178. The van der Waals surface area contributed by atoms with Crippen molar-refractivity contribution in [2.45, 2.75) is 56.3 Å². The highest BCUT2D eigenvalue weighted by molar-refractivity contribution is 7.25. The van der Waals surface area contributed by atoms with E-state index in [2.05, 4.69) is 165 Å². The van der Waals surface area contributed by atoms with Gasteiger partial charge in [0.25, 0.3) is 0 Å². The molecule has 4 aliphatic rings. The third-order valence-corrected chi connectivity index (χ3v) is 15.7. The normalized spacial score (nSPS) is 20.5. The number of ether oxygens (including phenoxy) is 1. The van der Waals surface area contributed by atoms with Gasteiger partial charge in [0.1, 0.15) is 11.5 Å². The molecule has 2 saturated carbocycles. The van der Waals surface area contributed by atoms with Crippen LogP contribution in [0.1, 0.15) is 73.3 Å². The van der Waals surface area contributed by atoms with Gasteiger partial charge < -0.3 is 4.74 Å². The van der Waals surface area contributed by atoms with E-state index in [1.807, 2.05) is 11.3 Å². The SMILES string of the molecule is C[C@@H]1C[C@H]2CCCC(c3ccc(-c4nc(-c5ccc6c(c5)C5(c7ccccc7O6)c6ccccc6-c6ccccc65)nc(-c5ccc6sc7ccccc7c6c5)n4)cc3)(C1)C2. The molecule has 3 aliphatic carbocycles. The fraction of sp³-hybridized carbons (Fsp3) is 0.196. The number of fused-ring (bicyclic) bond motifs is 14. The number of hydrogen-bond acceptors (Lipinski definition) is 5. The molecule has 2 fully saturated rings. The highest BCUT2D eigenvalue weighted by Gasteiger charge is 2.51. The summed E-state index contributed by atoms with van der Waals surface area (Å²) in [5.74, 6) is 5.34. The van der Waals surface area contributed by atoms with Crippen molar-refractivity contribution in [2.75, 3.05) is 0 Å². The molecule has 13 rings (SSSR count). The predicted octanol–water partition coefficient (Wildman–Crippen LogP) is 14.6. The van der Waals surface area contributed by atoms with Crippen LogP contribution in [0.4, 0.5) is 0 Å². The number of rotatable bonds is 4. The Morgan fingerprint density at radius 1 is 0.541 bits per heavy atom. The largest absolute Gasteiger partial charge is 0.457 e. The second-order valence-electron chi connectivity index (χ2n) is 18.1. The molecule has 5 heteroatoms. The van der Waals surface area contributed by atoms with Crippen molar-refractivity contribution in [1.29, 1.82) is 0 Å². The van der Waals surface area contributed by atoms with Crippen molar-refractivity contribution < 1.29 is 4.74 Å². The number of thiophene rings is 1. The van der Waals surface area contributed by atoms with Gasteiger partial charge in [0.2, 0.25) is 0 Å². The zero-order valence-corrected chi connectivity index (χ0v) is 34.9. The molecule has 0 amide bonds. The van der Waals surface area contributed by atoms with Crippen LogP contribution >= 0.6 is 11.3 Å². The van der Waals surface area contributed by atoms with Gasteiger partial charge in [0.15, 0.2) is 17.5 Å². The van der Waals surface area contributed by atoms with Crippen molar-refractivity contribution >= 4 is 31.5 Å². The van der Waals surface area contributed by atoms with Gasteiger partial charge in [0, 0.05) is 48.0 Å². The number of nitrogens with zero attached hydrogens (tertiary/aromatic N) is 3. The number of aromatic nitrogens is 3. The van der Waals surface area contributed by atoms with Crippen molar-refractivity contribution in [1.82, 2.24) is 15.0 Å². The first kappa shape index (κ1) is 35.3. The summed E-state index contributed by atoms with van der Waals surface area (Å²) < 4.78 is 9.32. The molecule has 9 aromatic rings. The van der Waals surface area contributed by atoms with Crippen LogP contribution in [0, 0.1) is 11.8 Å². The Morgan fingerprint density at radius 2 is 1.15 bits per heavy atom. The number of benzene rings is 7. The lowest BCUT2D eigenvalue weighted by Crippen LogP contribution is -2.39. The first-order chi connectivity index (χ1) is 30.0. The van der Waals surface area contributed by atoms with E-state index < -0.39 is 5.41 Å². The maximum Gasteiger partial charge on any atom is 0.164 e. The molecule has 1 spiro atoms. The van der Waals surface area contributed by atoms with E-state index in [9.17, 15) is 0 Å². The Bertz CT molecular complexity index is 3190. The lowest BCUT2D eigenvalue weighted by atomic mass is 9.57. The maximum absolute atomic E-state index is 6.78. The summed E-state index contributed by atoms with van der Waals surface area (Å²) in [6.45, 7) is 2.46. The molecule has 0 radical (unpaired) electrons. The summed E-state index contributed by atoms with van der Waals surface area (Å²) in [5, 5.41) is 2.48. The summed E-state index contributed by atoms with van der Waals surface area (Å²) in [5.41, 5.74) is 11.3. The van der Waals surface area contributed by atoms with Gasteiger partial charge in [-0.3, -0.25) is 0 Å². The Labute approximate surface area is 360 Å². The minimum Gasteiger partial charge on any atom is -0.457 e. The second kappa shape index (κ2) is 13.3. The number of para-hydroxylation sites is 1. The third kappa shape index (κ3) is 5.26. The van der Waals surface area contributed by atoms with E-state index in [1.54, 1.807) is 0 Å². The Kier molecular flexibility index (Phi) is 7.70. The van der Waals surface area contributed by atoms with Gasteiger partial charge in [-0.2, -0.15) is 0 Å². The molecule has 4 nitrogen and oxygen atoms in total. The summed E-state index contributed by atoms with van der Waals surface area (Å²) >= 11 is 1.83. The van der Waals surface area contributed by atoms with Gasteiger partial charge in [-0.25, -0.2) is 15.0 Å². The van der Waals surface area contributed by atoms with Crippen LogP contribution in [0.2, 0.25) is 0 Å². The van der Waals surface area contributed by atoms with E-state index in [4.69, 9.17) is 19.7 Å². The lowest BCUT2D eigenvalue weighted by Gasteiger charge is -2.48. The summed E-state index contributed by atoms with van der Waals surface area (Å²) in [7, 11) is 0. The summed E-state index contributed by atoms with van der Waals surface area (Å²) in [4.78, 5) is 16.0. The Hall–Kier alpha value is -6.43. The molecular weight excluding hydrogens is 763 g/mol. The van der Waals surface area contributed by atoms with Gasteiger partial charge in [-0.1, -0.05) is 129 Å². The van der Waals surface area contributed by atoms with Crippen LogP contribution in [0.5, 0.6) is 11.5 Å². The van der Waals surface area contributed by atoms with Gasteiger partial charge >= 0.3 is 0 Å². The van der Waals surface area contributed by atoms with Crippen LogP contribution in [-0.2, 0) is 10.8 Å². The topological polar surface area (TPSA) is 47.9 Å². The summed E-state index contributed by atoms with van der Waals surface area (Å²) in [6, 6.07) is 57.4.